The summed E-state index contributed by atoms with van der Waals surface area (Å²) in [7, 11) is 0. The first kappa shape index (κ1) is 30.2. The number of nitrogens with one attached hydrogen (secondary N) is 2. The van der Waals surface area contributed by atoms with E-state index in [4.69, 9.17) is 39.5 Å². The topological polar surface area (TPSA) is 112 Å². The molecule has 8 nitrogen and oxygen atoms in total. The number of carbonyl (C=O) groups is 3. The first-order valence-electron chi connectivity index (χ1n) is 12.6. The number of aromatic nitrogens is 1. The Morgan fingerprint density at radius 2 is 1.68 bits per heavy atom. The zero-order chi connectivity index (χ0) is 29.9. The second kappa shape index (κ2) is 12.4. The molecule has 0 saturated heterocycles. The Hall–Kier alpha value is -3.72. The molecule has 3 N–H and O–H groups in total. The van der Waals surface area contributed by atoms with Gasteiger partial charge in [0.05, 0.1) is 10.0 Å². The third-order valence-corrected chi connectivity index (χ3v) is 7.15. The molecule has 3 aromatic carbocycles. The van der Waals surface area contributed by atoms with Crippen LogP contribution in [0.5, 0.6) is 5.75 Å². The van der Waals surface area contributed by atoms with Crippen LogP contribution in [0, 0.1) is 0 Å². The van der Waals surface area contributed by atoms with E-state index in [-0.39, 0.29) is 24.4 Å². The van der Waals surface area contributed by atoms with Gasteiger partial charge in [0.1, 0.15) is 24.1 Å². The number of rotatable bonds is 10. The van der Waals surface area contributed by atoms with Crippen LogP contribution in [-0.2, 0) is 22.7 Å². The number of carbonyl (C=O) groups excluding carboxylic acids is 2. The smallest absolute Gasteiger partial charge is 0.352 e. The van der Waals surface area contributed by atoms with Crippen LogP contribution >= 0.6 is 34.8 Å². The molecule has 11 heteroatoms. The van der Waals surface area contributed by atoms with E-state index in [1.54, 1.807) is 75.4 Å². The molecule has 1 unspecified atom stereocenters. The van der Waals surface area contributed by atoms with Gasteiger partial charge in [0.15, 0.2) is 0 Å². The van der Waals surface area contributed by atoms with Gasteiger partial charge < -0.3 is 25.0 Å². The highest BCUT2D eigenvalue weighted by molar-refractivity contribution is 6.42. The summed E-state index contributed by atoms with van der Waals surface area (Å²) in [5.41, 5.74) is 1.31. The van der Waals surface area contributed by atoms with Crippen molar-refractivity contribution in [2.75, 3.05) is 0 Å². The molecule has 0 bridgehead atoms. The number of hydrogen-bond acceptors (Lipinski definition) is 4. The molecule has 1 heterocycles. The van der Waals surface area contributed by atoms with E-state index in [0.29, 0.717) is 43.7 Å². The molecule has 0 fully saturated rings. The standard InChI is InChI=1S/C30H28Cl3N3O5/c1-30(2,3)35-28(38)27(25-21-10-7-19(31)13-24(21)34-26(25)29(39)40)36(16-37)14-17-4-8-20(9-5-17)41-15-18-6-11-22(32)23(33)12-18/h4-13,16,27,34H,14-15H2,1-3H3,(H,35,38)(H,39,40). The highest BCUT2D eigenvalue weighted by Gasteiger charge is 2.35. The van der Waals surface area contributed by atoms with E-state index in [9.17, 15) is 19.5 Å². The zero-order valence-electron chi connectivity index (χ0n) is 22.5. The summed E-state index contributed by atoms with van der Waals surface area (Å²) in [5.74, 6) is -1.21. The van der Waals surface area contributed by atoms with Gasteiger partial charge in [-0.15, -0.1) is 0 Å². The first-order valence-corrected chi connectivity index (χ1v) is 13.7. The van der Waals surface area contributed by atoms with Gasteiger partial charge in [0.25, 0.3) is 0 Å². The van der Waals surface area contributed by atoms with E-state index in [1.165, 1.54) is 4.90 Å². The molecule has 0 aliphatic rings. The molecule has 41 heavy (non-hydrogen) atoms. The van der Waals surface area contributed by atoms with Crippen molar-refractivity contribution < 1.29 is 24.2 Å². The number of fused-ring (bicyclic) bond motifs is 1. The second-order valence-electron chi connectivity index (χ2n) is 10.5. The number of benzene rings is 3. The Morgan fingerprint density at radius 1 is 1.00 bits per heavy atom. The normalized spacial score (nSPS) is 12.1. The molecule has 0 aliphatic carbocycles. The minimum absolute atomic E-state index is 0.0259. The summed E-state index contributed by atoms with van der Waals surface area (Å²) in [4.78, 5) is 42.5. The molecular weight excluding hydrogens is 589 g/mol. The molecule has 0 saturated carbocycles. The average molecular weight is 617 g/mol. The quantitative estimate of drug-likeness (QED) is 0.166. The number of halogens is 3. The number of carboxylic acid groups (broad SMARTS) is 1. The van der Waals surface area contributed by atoms with Crippen molar-refractivity contribution in [3.63, 3.8) is 0 Å². The molecule has 214 valence electrons. The van der Waals surface area contributed by atoms with Gasteiger partial charge in [-0.05, 0) is 68.3 Å². The van der Waals surface area contributed by atoms with Crippen molar-refractivity contribution in [2.45, 2.75) is 45.5 Å². The number of amides is 2. The Bertz CT molecular complexity index is 1600. The maximum absolute atomic E-state index is 13.7. The molecule has 4 aromatic rings. The predicted octanol–water partition coefficient (Wildman–Crippen LogP) is 7.02. The van der Waals surface area contributed by atoms with Gasteiger partial charge in [-0.3, -0.25) is 9.59 Å². The monoisotopic (exact) mass is 615 g/mol. The summed E-state index contributed by atoms with van der Waals surface area (Å²) in [6.45, 7) is 5.71. The Labute approximate surface area is 252 Å². The zero-order valence-corrected chi connectivity index (χ0v) is 24.8. The predicted molar refractivity (Wildman–Crippen MR) is 160 cm³/mol. The lowest BCUT2D eigenvalue weighted by molar-refractivity contribution is -0.134. The van der Waals surface area contributed by atoms with Crippen LogP contribution in [0.4, 0.5) is 0 Å². The number of aromatic amines is 1. The van der Waals surface area contributed by atoms with Crippen LogP contribution in [-0.4, -0.2) is 38.8 Å². The van der Waals surface area contributed by atoms with Crippen molar-refractivity contribution in [3.05, 3.63) is 98.1 Å². The fourth-order valence-corrected chi connectivity index (χ4v) is 4.91. The summed E-state index contributed by atoms with van der Waals surface area (Å²) >= 11 is 18.2. The minimum atomic E-state index is -1.27. The van der Waals surface area contributed by atoms with E-state index in [0.717, 1.165) is 5.56 Å². The van der Waals surface area contributed by atoms with Gasteiger partial charge in [-0.1, -0.05) is 59.1 Å². The van der Waals surface area contributed by atoms with Gasteiger partial charge in [-0.25, -0.2) is 4.79 Å². The number of hydrogen-bond donors (Lipinski definition) is 3. The van der Waals surface area contributed by atoms with Gasteiger partial charge >= 0.3 is 5.97 Å². The third-order valence-electron chi connectivity index (χ3n) is 6.18. The molecule has 1 aromatic heterocycles. The summed E-state index contributed by atoms with van der Waals surface area (Å²) < 4.78 is 5.84. The van der Waals surface area contributed by atoms with Gasteiger partial charge in [-0.2, -0.15) is 0 Å². The van der Waals surface area contributed by atoms with Crippen molar-refractivity contribution in [3.8, 4) is 5.75 Å². The number of nitrogens with zero attached hydrogens (tertiary/aromatic N) is 1. The van der Waals surface area contributed by atoms with Crippen molar-refractivity contribution in [2.24, 2.45) is 0 Å². The summed E-state index contributed by atoms with van der Waals surface area (Å²) in [5, 5.41) is 14.7. The van der Waals surface area contributed by atoms with Gasteiger partial charge in [0, 0.05) is 33.6 Å². The van der Waals surface area contributed by atoms with Crippen molar-refractivity contribution in [1.29, 1.82) is 0 Å². The van der Waals surface area contributed by atoms with Crippen LogP contribution in [0.2, 0.25) is 15.1 Å². The maximum Gasteiger partial charge on any atom is 0.352 e. The Balaban J connectivity index is 1.64. The van der Waals surface area contributed by atoms with E-state index in [1.807, 2.05) is 6.07 Å². The SMILES string of the molecule is CC(C)(C)NC(=O)C(c1c(C(=O)O)[nH]c2cc(Cl)ccc12)N(C=O)Cc1ccc(OCc2ccc(Cl)c(Cl)c2)cc1. The number of aromatic carboxylic acids is 1. The van der Waals surface area contributed by atoms with E-state index < -0.39 is 23.5 Å². The van der Waals surface area contributed by atoms with Crippen LogP contribution in [0.15, 0.2) is 60.7 Å². The first-order chi connectivity index (χ1) is 19.4. The van der Waals surface area contributed by atoms with Crippen LogP contribution in [0.25, 0.3) is 10.9 Å². The van der Waals surface area contributed by atoms with Gasteiger partial charge in [0.2, 0.25) is 12.3 Å². The van der Waals surface area contributed by atoms with Crippen LogP contribution in [0.1, 0.15) is 54.0 Å². The largest absolute Gasteiger partial charge is 0.489 e. The molecular formula is C30H28Cl3N3O5. The lowest BCUT2D eigenvalue weighted by Gasteiger charge is -2.31. The van der Waals surface area contributed by atoms with Crippen molar-refractivity contribution in [1.82, 2.24) is 15.2 Å². The molecule has 2 amide bonds. The highest BCUT2D eigenvalue weighted by atomic mass is 35.5. The van der Waals surface area contributed by atoms with Crippen LogP contribution < -0.4 is 10.1 Å². The lowest BCUT2D eigenvalue weighted by atomic mass is 9.98. The lowest BCUT2D eigenvalue weighted by Crippen LogP contribution is -2.47. The Kier molecular flexibility index (Phi) is 9.17. The molecule has 0 aliphatic heterocycles. The minimum Gasteiger partial charge on any atom is -0.489 e. The fourth-order valence-electron chi connectivity index (χ4n) is 4.42. The summed E-state index contributed by atoms with van der Waals surface area (Å²) in [6, 6.07) is 15.8. The Morgan fingerprint density at radius 3 is 2.29 bits per heavy atom. The third kappa shape index (κ3) is 7.33. The maximum atomic E-state index is 13.7. The van der Waals surface area contributed by atoms with E-state index >= 15 is 0 Å². The average Bonchev–Trinajstić information content (AvgIpc) is 3.27. The number of carboxylic acids is 1. The molecule has 0 spiro atoms. The molecule has 0 radical (unpaired) electrons. The van der Waals surface area contributed by atoms with Crippen molar-refractivity contribution >= 4 is 64.0 Å². The van der Waals surface area contributed by atoms with E-state index in [2.05, 4.69) is 10.3 Å². The number of H-pyrrole nitrogens is 1. The second-order valence-corrected chi connectivity index (χ2v) is 11.8. The molecule has 1 atom stereocenters. The molecule has 4 rings (SSSR count). The fraction of sp³-hybridized carbons (Fsp3) is 0.233. The number of ether oxygens (including phenoxy) is 1. The summed E-state index contributed by atoms with van der Waals surface area (Å²) in [6.07, 6.45) is 0.544. The highest BCUT2D eigenvalue weighted by Crippen LogP contribution is 2.34. The van der Waals surface area contributed by atoms with Crippen LogP contribution in [0.3, 0.4) is 0 Å².